The lowest BCUT2D eigenvalue weighted by atomic mass is 10.2. The number of amides is 2. The molecule has 4 N–H and O–H groups in total. The van der Waals surface area contributed by atoms with E-state index < -0.39 is 0 Å². The van der Waals surface area contributed by atoms with E-state index in [1.807, 2.05) is 6.07 Å². The highest BCUT2D eigenvalue weighted by Crippen LogP contribution is 2.36. The summed E-state index contributed by atoms with van der Waals surface area (Å²) in [6, 6.07) is 12.0. The van der Waals surface area contributed by atoms with Gasteiger partial charge in [0.25, 0.3) is 5.91 Å². The molecule has 0 spiro atoms. The van der Waals surface area contributed by atoms with Gasteiger partial charge in [-0.2, -0.15) is 0 Å². The quantitative estimate of drug-likeness (QED) is 0.571. The zero-order valence-electron chi connectivity index (χ0n) is 16.6. The highest BCUT2D eigenvalue weighted by molar-refractivity contribution is 6.05. The standard InChI is InChI=1S/C20H25N3O5.ClH/c1-26-14(12-21)9-19(24)22-15-10-18(28-3)16(11-17(15)27-2)23-20(25)13-7-5-4-6-8-13;/h4-8,10-11,14H,9,12,21H2,1-3H3,(H,22,24)(H,23,25);1H. The van der Waals surface area contributed by atoms with E-state index in [2.05, 4.69) is 10.6 Å². The van der Waals surface area contributed by atoms with Crippen LogP contribution in [0.4, 0.5) is 11.4 Å². The molecule has 0 aliphatic rings. The van der Waals surface area contributed by atoms with Crippen molar-refractivity contribution >= 4 is 35.6 Å². The molecule has 9 heteroatoms. The summed E-state index contributed by atoms with van der Waals surface area (Å²) in [5.74, 6) is 0.184. The van der Waals surface area contributed by atoms with Crippen LogP contribution in [0.5, 0.6) is 11.5 Å². The molecule has 29 heavy (non-hydrogen) atoms. The van der Waals surface area contributed by atoms with E-state index in [1.165, 1.54) is 21.3 Å². The number of rotatable bonds is 9. The summed E-state index contributed by atoms with van der Waals surface area (Å²) in [4.78, 5) is 24.7. The first-order valence-electron chi connectivity index (χ1n) is 8.67. The molecule has 2 rings (SSSR count). The highest BCUT2D eigenvalue weighted by Gasteiger charge is 2.18. The van der Waals surface area contributed by atoms with Crippen LogP contribution < -0.4 is 25.8 Å². The molecule has 0 aliphatic carbocycles. The Kier molecular flexibility index (Phi) is 9.94. The zero-order valence-corrected chi connectivity index (χ0v) is 17.4. The van der Waals surface area contributed by atoms with E-state index in [0.717, 1.165) is 0 Å². The first-order chi connectivity index (χ1) is 13.5. The Balaban J connectivity index is 0.00000420. The minimum Gasteiger partial charge on any atom is -0.494 e. The Morgan fingerprint density at radius 3 is 2.00 bits per heavy atom. The van der Waals surface area contributed by atoms with Crippen molar-refractivity contribution in [2.45, 2.75) is 12.5 Å². The highest BCUT2D eigenvalue weighted by atomic mass is 35.5. The Hall–Kier alpha value is -2.81. The number of carbonyl (C=O) groups is 2. The largest absolute Gasteiger partial charge is 0.494 e. The van der Waals surface area contributed by atoms with Crippen LogP contribution in [0, 0.1) is 0 Å². The van der Waals surface area contributed by atoms with E-state index in [9.17, 15) is 9.59 Å². The maximum absolute atomic E-state index is 12.4. The van der Waals surface area contributed by atoms with Crippen molar-refractivity contribution < 1.29 is 23.8 Å². The first-order valence-corrected chi connectivity index (χ1v) is 8.67. The second kappa shape index (κ2) is 11.9. The topological polar surface area (TPSA) is 112 Å². The van der Waals surface area contributed by atoms with Gasteiger partial charge in [0, 0.05) is 31.4 Å². The van der Waals surface area contributed by atoms with Crippen molar-refractivity contribution in [2.75, 3.05) is 38.5 Å². The van der Waals surface area contributed by atoms with Crippen molar-refractivity contribution in [1.29, 1.82) is 0 Å². The van der Waals surface area contributed by atoms with E-state index in [-0.39, 0.29) is 43.3 Å². The van der Waals surface area contributed by atoms with E-state index >= 15 is 0 Å². The second-order valence-corrected chi connectivity index (χ2v) is 5.92. The third-order valence-corrected chi connectivity index (χ3v) is 4.09. The number of nitrogens with one attached hydrogen (secondary N) is 2. The number of hydrogen-bond acceptors (Lipinski definition) is 6. The minimum absolute atomic E-state index is 0. The average Bonchev–Trinajstić information content (AvgIpc) is 2.73. The lowest BCUT2D eigenvalue weighted by Crippen LogP contribution is -2.28. The van der Waals surface area contributed by atoms with Crippen molar-refractivity contribution in [3.05, 3.63) is 48.0 Å². The fraction of sp³-hybridized carbons (Fsp3) is 0.300. The number of hydrogen-bond donors (Lipinski definition) is 3. The number of benzene rings is 2. The molecule has 0 heterocycles. The van der Waals surface area contributed by atoms with Gasteiger partial charge >= 0.3 is 0 Å². The first kappa shape index (κ1) is 24.2. The fourth-order valence-corrected chi connectivity index (χ4v) is 2.55. The molecule has 158 valence electrons. The van der Waals surface area contributed by atoms with E-state index in [0.29, 0.717) is 28.4 Å². The molecule has 2 aromatic carbocycles. The number of ether oxygens (including phenoxy) is 3. The average molecular weight is 424 g/mol. The van der Waals surface area contributed by atoms with Crippen LogP contribution in [0.1, 0.15) is 16.8 Å². The number of nitrogens with two attached hydrogens (primary N) is 1. The summed E-state index contributed by atoms with van der Waals surface area (Å²) < 4.78 is 15.8. The van der Waals surface area contributed by atoms with Gasteiger partial charge in [-0.3, -0.25) is 9.59 Å². The lowest BCUT2D eigenvalue weighted by Gasteiger charge is -2.17. The lowest BCUT2D eigenvalue weighted by molar-refractivity contribution is -0.118. The number of methoxy groups -OCH3 is 3. The van der Waals surface area contributed by atoms with Gasteiger partial charge in [-0.15, -0.1) is 12.4 Å². The van der Waals surface area contributed by atoms with Gasteiger partial charge in [-0.25, -0.2) is 0 Å². The number of halogens is 1. The van der Waals surface area contributed by atoms with Gasteiger partial charge in [0.15, 0.2) is 0 Å². The Morgan fingerprint density at radius 1 is 0.966 bits per heavy atom. The summed E-state index contributed by atoms with van der Waals surface area (Å²) >= 11 is 0. The molecule has 2 amide bonds. The van der Waals surface area contributed by atoms with Crippen LogP contribution in [0.2, 0.25) is 0 Å². The summed E-state index contributed by atoms with van der Waals surface area (Å²) in [5, 5.41) is 5.55. The molecule has 0 aliphatic heterocycles. The maximum Gasteiger partial charge on any atom is 0.255 e. The van der Waals surface area contributed by atoms with Gasteiger partial charge in [0.05, 0.1) is 38.1 Å². The molecule has 0 radical (unpaired) electrons. The number of carbonyl (C=O) groups excluding carboxylic acids is 2. The summed E-state index contributed by atoms with van der Waals surface area (Å²) in [5.41, 5.74) is 6.89. The normalized spacial score (nSPS) is 11.0. The van der Waals surface area contributed by atoms with E-state index in [1.54, 1.807) is 36.4 Å². The smallest absolute Gasteiger partial charge is 0.255 e. The third kappa shape index (κ3) is 6.63. The molecule has 0 saturated heterocycles. The monoisotopic (exact) mass is 423 g/mol. The zero-order chi connectivity index (χ0) is 20.5. The van der Waals surface area contributed by atoms with Crippen molar-refractivity contribution in [3.63, 3.8) is 0 Å². The Morgan fingerprint density at radius 2 is 1.52 bits per heavy atom. The predicted molar refractivity (Wildman–Crippen MR) is 114 cm³/mol. The van der Waals surface area contributed by atoms with Crippen LogP contribution in [-0.4, -0.2) is 45.8 Å². The molecule has 2 aromatic rings. The van der Waals surface area contributed by atoms with Gasteiger partial charge in [0.1, 0.15) is 11.5 Å². The third-order valence-electron chi connectivity index (χ3n) is 4.09. The predicted octanol–water partition coefficient (Wildman–Crippen LogP) is 2.68. The molecule has 1 unspecified atom stereocenters. The summed E-state index contributed by atoms with van der Waals surface area (Å²) in [6.07, 6.45) is -0.275. The van der Waals surface area contributed by atoms with Gasteiger partial charge in [-0.05, 0) is 12.1 Å². The molecule has 8 nitrogen and oxygen atoms in total. The number of anilines is 2. The van der Waals surface area contributed by atoms with Crippen LogP contribution in [0.15, 0.2) is 42.5 Å². The van der Waals surface area contributed by atoms with Gasteiger partial charge in [-0.1, -0.05) is 18.2 Å². The van der Waals surface area contributed by atoms with Crippen LogP contribution >= 0.6 is 12.4 Å². The molecular formula is C20H26ClN3O5. The van der Waals surface area contributed by atoms with Crippen molar-refractivity contribution in [3.8, 4) is 11.5 Å². The Bertz CT molecular complexity index is 813. The second-order valence-electron chi connectivity index (χ2n) is 5.92. The SMILES string of the molecule is COc1cc(NC(=O)c2ccccc2)c(OC)cc1NC(=O)CC(CN)OC.Cl. The van der Waals surface area contributed by atoms with E-state index in [4.69, 9.17) is 19.9 Å². The molecule has 0 fully saturated rings. The Labute approximate surface area is 176 Å². The maximum atomic E-state index is 12.4. The van der Waals surface area contributed by atoms with Crippen molar-refractivity contribution in [2.24, 2.45) is 5.73 Å². The van der Waals surface area contributed by atoms with Crippen LogP contribution in [-0.2, 0) is 9.53 Å². The molecule has 0 aromatic heterocycles. The molecule has 0 saturated carbocycles. The van der Waals surface area contributed by atoms with Crippen LogP contribution in [0.3, 0.4) is 0 Å². The summed E-state index contributed by atoms with van der Waals surface area (Å²) in [6.45, 7) is 0.231. The minimum atomic E-state index is -0.377. The molecular weight excluding hydrogens is 398 g/mol. The van der Waals surface area contributed by atoms with Crippen LogP contribution in [0.25, 0.3) is 0 Å². The molecule has 1 atom stereocenters. The fourth-order valence-electron chi connectivity index (χ4n) is 2.55. The van der Waals surface area contributed by atoms with Gasteiger partial charge < -0.3 is 30.6 Å². The van der Waals surface area contributed by atoms with Gasteiger partial charge in [0.2, 0.25) is 5.91 Å². The molecule has 0 bridgehead atoms. The summed E-state index contributed by atoms with van der Waals surface area (Å²) in [7, 11) is 4.44. The van der Waals surface area contributed by atoms with Crippen molar-refractivity contribution in [1.82, 2.24) is 0 Å².